The van der Waals surface area contributed by atoms with Gasteiger partial charge in [-0.1, -0.05) is 15.9 Å². The lowest BCUT2D eigenvalue weighted by Crippen LogP contribution is -1.89. The largest absolute Gasteiger partial charge is 0.398 e. The van der Waals surface area contributed by atoms with Crippen LogP contribution >= 0.6 is 27.7 Å². The molecular formula is C10H12BrNS. The van der Waals surface area contributed by atoms with Gasteiger partial charge in [-0.25, -0.2) is 0 Å². The van der Waals surface area contributed by atoms with Gasteiger partial charge >= 0.3 is 0 Å². The molecule has 0 amide bonds. The molecule has 1 aliphatic carbocycles. The summed E-state index contributed by atoms with van der Waals surface area (Å²) in [4.78, 5) is 1.22. The Bertz CT molecular complexity index is 310. The molecule has 0 heterocycles. The summed E-state index contributed by atoms with van der Waals surface area (Å²) in [5, 5.41) is 0. The van der Waals surface area contributed by atoms with Crippen LogP contribution < -0.4 is 5.73 Å². The highest BCUT2D eigenvalue weighted by molar-refractivity contribution is 9.10. The van der Waals surface area contributed by atoms with Crippen molar-refractivity contribution in [2.24, 2.45) is 5.92 Å². The predicted molar refractivity (Wildman–Crippen MR) is 62.0 cm³/mol. The Kier molecular flexibility index (Phi) is 2.84. The highest BCUT2D eigenvalue weighted by Crippen LogP contribution is 2.37. The van der Waals surface area contributed by atoms with E-state index in [4.69, 9.17) is 5.73 Å². The van der Waals surface area contributed by atoms with Crippen molar-refractivity contribution in [2.75, 3.05) is 11.5 Å². The quantitative estimate of drug-likeness (QED) is 0.663. The van der Waals surface area contributed by atoms with Gasteiger partial charge in [0, 0.05) is 20.8 Å². The third-order valence-electron chi connectivity index (χ3n) is 2.14. The van der Waals surface area contributed by atoms with Gasteiger partial charge in [-0.15, -0.1) is 11.8 Å². The van der Waals surface area contributed by atoms with Crippen LogP contribution in [0.25, 0.3) is 0 Å². The van der Waals surface area contributed by atoms with E-state index in [0.29, 0.717) is 0 Å². The number of hydrogen-bond acceptors (Lipinski definition) is 2. The second-order valence-corrected chi connectivity index (χ2v) is 5.41. The molecule has 2 N–H and O–H groups in total. The summed E-state index contributed by atoms with van der Waals surface area (Å²) in [5.41, 5.74) is 6.77. The van der Waals surface area contributed by atoms with Crippen LogP contribution in [-0.4, -0.2) is 5.75 Å². The first kappa shape index (κ1) is 9.41. The number of benzene rings is 1. The van der Waals surface area contributed by atoms with Crippen molar-refractivity contribution >= 4 is 33.4 Å². The molecule has 0 aromatic heterocycles. The molecule has 0 unspecified atom stereocenters. The minimum Gasteiger partial charge on any atom is -0.398 e. The SMILES string of the molecule is Nc1cc(Br)ccc1SCC1CC1. The zero-order chi connectivity index (χ0) is 9.26. The van der Waals surface area contributed by atoms with E-state index in [2.05, 4.69) is 22.0 Å². The van der Waals surface area contributed by atoms with E-state index in [1.807, 2.05) is 23.9 Å². The first-order valence-electron chi connectivity index (χ1n) is 4.43. The molecule has 1 saturated carbocycles. The first-order valence-corrected chi connectivity index (χ1v) is 6.21. The fourth-order valence-electron chi connectivity index (χ4n) is 1.14. The molecule has 0 saturated heterocycles. The van der Waals surface area contributed by atoms with Gasteiger partial charge < -0.3 is 5.73 Å². The van der Waals surface area contributed by atoms with E-state index >= 15 is 0 Å². The molecule has 0 radical (unpaired) electrons. The van der Waals surface area contributed by atoms with Gasteiger partial charge in [-0.2, -0.15) is 0 Å². The molecule has 1 aromatic carbocycles. The van der Waals surface area contributed by atoms with E-state index in [1.165, 1.54) is 23.5 Å². The molecule has 0 spiro atoms. The van der Waals surface area contributed by atoms with Crippen LogP contribution in [0.3, 0.4) is 0 Å². The number of halogens is 1. The normalized spacial score (nSPS) is 16.1. The average molecular weight is 258 g/mol. The number of nitrogen functional groups attached to an aromatic ring is 1. The van der Waals surface area contributed by atoms with Gasteiger partial charge in [0.1, 0.15) is 0 Å². The van der Waals surface area contributed by atoms with Gasteiger partial charge in [0.2, 0.25) is 0 Å². The fourth-order valence-corrected chi connectivity index (χ4v) is 2.66. The Labute approximate surface area is 91.2 Å². The van der Waals surface area contributed by atoms with Crippen LogP contribution in [-0.2, 0) is 0 Å². The maximum Gasteiger partial charge on any atom is 0.0463 e. The summed E-state index contributed by atoms with van der Waals surface area (Å²) in [7, 11) is 0. The topological polar surface area (TPSA) is 26.0 Å². The van der Waals surface area contributed by atoms with E-state index in [9.17, 15) is 0 Å². The number of thioether (sulfide) groups is 1. The van der Waals surface area contributed by atoms with E-state index in [0.717, 1.165) is 16.1 Å². The first-order chi connectivity index (χ1) is 6.25. The molecular weight excluding hydrogens is 246 g/mol. The van der Waals surface area contributed by atoms with Crippen LogP contribution in [0.4, 0.5) is 5.69 Å². The molecule has 1 aliphatic rings. The van der Waals surface area contributed by atoms with Crippen LogP contribution in [0.1, 0.15) is 12.8 Å². The molecule has 0 bridgehead atoms. The van der Waals surface area contributed by atoms with Crippen molar-refractivity contribution in [3.05, 3.63) is 22.7 Å². The third-order valence-corrected chi connectivity index (χ3v) is 3.96. The van der Waals surface area contributed by atoms with Crippen molar-refractivity contribution in [1.82, 2.24) is 0 Å². The van der Waals surface area contributed by atoms with Gasteiger partial charge in [0.25, 0.3) is 0 Å². The predicted octanol–water partition coefficient (Wildman–Crippen LogP) is 3.53. The lowest BCUT2D eigenvalue weighted by molar-refractivity contribution is 1.00. The summed E-state index contributed by atoms with van der Waals surface area (Å²) in [5.74, 6) is 2.18. The van der Waals surface area contributed by atoms with Gasteiger partial charge in [-0.3, -0.25) is 0 Å². The molecule has 0 aliphatic heterocycles. The summed E-state index contributed by atoms with van der Waals surface area (Å²) in [6.07, 6.45) is 2.81. The van der Waals surface area contributed by atoms with Crippen molar-refractivity contribution in [2.45, 2.75) is 17.7 Å². The molecule has 13 heavy (non-hydrogen) atoms. The van der Waals surface area contributed by atoms with Crippen LogP contribution in [0.15, 0.2) is 27.6 Å². The average Bonchev–Trinajstić information content (AvgIpc) is 2.86. The summed E-state index contributed by atoms with van der Waals surface area (Å²) < 4.78 is 1.06. The maximum absolute atomic E-state index is 5.88. The maximum atomic E-state index is 5.88. The minimum absolute atomic E-state index is 0.889. The monoisotopic (exact) mass is 257 g/mol. The van der Waals surface area contributed by atoms with Gasteiger partial charge in [0.05, 0.1) is 0 Å². The molecule has 70 valence electrons. The molecule has 3 heteroatoms. The van der Waals surface area contributed by atoms with Gasteiger partial charge in [0.15, 0.2) is 0 Å². The summed E-state index contributed by atoms with van der Waals surface area (Å²) in [6, 6.07) is 6.10. The standard InChI is InChI=1S/C10H12BrNS/c11-8-3-4-10(9(12)5-8)13-6-7-1-2-7/h3-5,7H,1-2,6,12H2. The highest BCUT2D eigenvalue weighted by Gasteiger charge is 2.21. The molecule has 1 nitrogen and oxygen atoms in total. The van der Waals surface area contributed by atoms with Crippen molar-refractivity contribution in [3.8, 4) is 0 Å². The number of nitrogens with two attached hydrogens (primary N) is 1. The zero-order valence-electron chi connectivity index (χ0n) is 7.29. The van der Waals surface area contributed by atoms with E-state index in [-0.39, 0.29) is 0 Å². The van der Waals surface area contributed by atoms with Crippen LogP contribution in [0.5, 0.6) is 0 Å². The summed E-state index contributed by atoms with van der Waals surface area (Å²) >= 11 is 5.28. The van der Waals surface area contributed by atoms with Crippen LogP contribution in [0, 0.1) is 5.92 Å². The molecule has 0 atom stereocenters. The highest BCUT2D eigenvalue weighted by atomic mass is 79.9. The zero-order valence-corrected chi connectivity index (χ0v) is 9.70. The third kappa shape index (κ3) is 2.64. The Morgan fingerprint density at radius 1 is 1.46 bits per heavy atom. The smallest absolute Gasteiger partial charge is 0.0463 e. The van der Waals surface area contributed by atoms with Crippen molar-refractivity contribution in [1.29, 1.82) is 0 Å². The second kappa shape index (κ2) is 3.93. The van der Waals surface area contributed by atoms with Crippen LogP contribution in [0.2, 0.25) is 0 Å². The Morgan fingerprint density at radius 3 is 2.85 bits per heavy atom. The lowest BCUT2D eigenvalue weighted by atomic mass is 10.3. The number of hydrogen-bond donors (Lipinski definition) is 1. The Balaban J connectivity index is 2.01. The molecule has 1 aromatic rings. The lowest BCUT2D eigenvalue weighted by Gasteiger charge is -2.04. The Morgan fingerprint density at radius 2 is 2.23 bits per heavy atom. The fraction of sp³-hybridized carbons (Fsp3) is 0.400. The number of rotatable bonds is 3. The van der Waals surface area contributed by atoms with E-state index < -0.39 is 0 Å². The van der Waals surface area contributed by atoms with E-state index in [1.54, 1.807) is 0 Å². The second-order valence-electron chi connectivity index (χ2n) is 3.44. The molecule has 2 rings (SSSR count). The van der Waals surface area contributed by atoms with Crippen molar-refractivity contribution < 1.29 is 0 Å². The number of anilines is 1. The van der Waals surface area contributed by atoms with Gasteiger partial charge in [-0.05, 0) is 37.0 Å². The molecule has 1 fully saturated rings. The minimum atomic E-state index is 0.889. The van der Waals surface area contributed by atoms with Crippen molar-refractivity contribution in [3.63, 3.8) is 0 Å². The summed E-state index contributed by atoms with van der Waals surface area (Å²) in [6.45, 7) is 0. The Hall–Kier alpha value is -0.150.